The van der Waals surface area contributed by atoms with Gasteiger partial charge in [-0.1, -0.05) is 18.2 Å². The van der Waals surface area contributed by atoms with Crippen molar-refractivity contribution < 1.29 is 4.55 Å². The number of nitrogen functional groups attached to an aromatic ring is 1. The van der Waals surface area contributed by atoms with Crippen LogP contribution in [0.1, 0.15) is 0 Å². The second kappa shape index (κ2) is 3.73. The Balaban J connectivity index is 2.34. The van der Waals surface area contributed by atoms with Crippen molar-refractivity contribution in [1.29, 1.82) is 0 Å². The summed E-state index contributed by atoms with van der Waals surface area (Å²) in [7, 11) is 0. The molecule has 1 aromatic heterocycles. The number of rotatable bonds is 2. The average Bonchev–Trinajstić information content (AvgIpc) is 2.65. The third kappa shape index (κ3) is 1.59. The molecule has 0 saturated heterocycles. The third-order valence-corrected chi connectivity index (χ3v) is 3.22. The molecule has 2 aromatic rings. The first-order chi connectivity index (χ1) is 6.79. The van der Waals surface area contributed by atoms with Crippen molar-refractivity contribution in [3.05, 3.63) is 36.5 Å². The van der Waals surface area contributed by atoms with E-state index in [1.807, 2.05) is 18.2 Å². The van der Waals surface area contributed by atoms with Crippen LogP contribution in [0.4, 0.5) is 5.82 Å². The average molecular weight is 207 g/mol. The van der Waals surface area contributed by atoms with Crippen molar-refractivity contribution in [2.45, 2.75) is 9.79 Å². The SMILES string of the molecule is Nc1n[nH]cc1[S+]([O-])c1ccccc1. The van der Waals surface area contributed by atoms with Crippen LogP contribution in [0.2, 0.25) is 0 Å². The van der Waals surface area contributed by atoms with E-state index in [1.165, 1.54) is 0 Å². The van der Waals surface area contributed by atoms with E-state index in [2.05, 4.69) is 10.2 Å². The van der Waals surface area contributed by atoms with Crippen molar-refractivity contribution in [3.8, 4) is 0 Å². The molecule has 0 saturated carbocycles. The van der Waals surface area contributed by atoms with Crippen LogP contribution in [-0.2, 0) is 11.2 Å². The zero-order valence-corrected chi connectivity index (χ0v) is 8.12. The quantitative estimate of drug-likeness (QED) is 0.725. The van der Waals surface area contributed by atoms with Crippen LogP contribution >= 0.6 is 0 Å². The Kier molecular flexibility index (Phi) is 2.43. The number of aromatic amines is 1. The highest BCUT2D eigenvalue weighted by Crippen LogP contribution is 2.23. The Morgan fingerprint density at radius 1 is 1.29 bits per heavy atom. The fourth-order valence-electron chi connectivity index (χ4n) is 1.11. The molecule has 0 aliphatic heterocycles. The topological polar surface area (TPSA) is 77.8 Å². The van der Waals surface area contributed by atoms with Crippen molar-refractivity contribution in [3.63, 3.8) is 0 Å². The summed E-state index contributed by atoms with van der Waals surface area (Å²) in [5, 5.41) is 6.30. The molecule has 0 fully saturated rings. The van der Waals surface area contributed by atoms with Gasteiger partial charge in [0.1, 0.15) is 0 Å². The molecule has 2 rings (SSSR count). The first-order valence-electron chi connectivity index (χ1n) is 4.05. The predicted molar refractivity (Wildman–Crippen MR) is 54.1 cm³/mol. The molecule has 1 aromatic carbocycles. The Morgan fingerprint density at radius 2 is 2.00 bits per heavy atom. The summed E-state index contributed by atoms with van der Waals surface area (Å²) >= 11 is -1.25. The van der Waals surface area contributed by atoms with Crippen molar-refractivity contribution in [1.82, 2.24) is 10.2 Å². The van der Waals surface area contributed by atoms with Gasteiger partial charge in [-0.15, -0.1) is 0 Å². The van der Waals surface area contributed by atoms with Crippen LogP contribution in [0.15, 0.2) is 46.3 Å². The van der Waals surface area contributed by atoms with Gasteiger partial charge in [0, 0.05) is 11.2 Å². The number of hydrogen-bond acceptors (Lipinski definition) is 3. The summed E-state index contributed by atoms with van der Waals surface area (Å²) in [6.45, 7) is 0. The predicted octanol–water partition coefficient (Wildman–Crippen LogP) is 1.16. The van der Waals surface area contributed by atoms with E-state index in [4.69, 9.17) is 5.73 Å². The number of benzene rings is 1. The van der Waals surface area contributed by atoms with Gasteiger partial charge in [-0.05, 0) is 12.1 Å². The lowest BCUT2D eigenvalue weighted by Crippen LogP contribution is -2.03. The molecule has 5 heteroatoms. The van der Waals surface area contributed by atoms with Crippen LogP contribution in [0.25, 0.3) is 0 Å². The maximum Gasteiger partial charge on any atom is 0.219 e. The monoisotopic (exact) mass is 207 g/mol. The molecule has 0 radical (unpaired) electrons. The summed E-state index contributed by atoms with van der Waals surface area (Å²) in [6.07, 6.45) is 1.55. The second-order valence-corrected chi connectivity index (χ2v) is 4.17. The largest absolute Gasteiger partial charge is 0.606 e. The minimum Gasteiger partial charge on any atom is -0.606 e. The first kappa shape index (κ1) is 9.11. The molecule has 0 aliphatic rings. The number of aromatic nitrogens is 2. The maximum absolute atomic E-state index is 11.9. The van der Waals surface area contributed by atoms with E-state index in [1.54, 1.807) is 18.3 Å². The lowest BCUT2D eigenvalue weighted by Gasteiger charge is -2.07. The first-order valence-corrected chi connectivity index (χ1v) is 5.20. The van der Waals surface area contributed by atoms with E-state index in [0.29, 0.717) is 4.90 Å². The number of nitrogens with two attached hydrogens (primary N) is 1. The number of hydrogen-bond donors (Lipinski definition) is 2. The molecule has 1 unspecified atom stereocenters. The summed E-state index contributed by atoms with van der Waals surface area (Å²) in [5.74, 6) is 0.284. The Labute approximate surface area is 84.3 Å². The number of nitrogens with zero attached hydrogens (tertiary/aromatic N) is 1. The van der Waals surface area contributed by atoms with Crippen LogP contribution in [-0.4, -0.2) is 14.8 Å². The van der Waals surface area contributed by atoms with E-state index < -0.39 is 11.2 Å². The maximum atomic E-state index is 11.9. The molecule has 14 heavy (non-hydrogen) atoms. The van der Waals surface area contributed by atoms with Crippen LogP contribution < -0.4 is 5.73 Å². The third-order valence-electron chi connectivity index (χ3n) is 1.79. The minimum atomic E-state index is -1.25. The molecule has 0 amide bonds. The number of nitrogens with one attached hydrogen (secondary N) is 1. The fraction of sp³-hybridized carbons (Fsp3) is 0. The summed E-state index contributed by atoms with van der Waals surface area (Å²) in [5.41, 5.74) is 5.54. The molecule has 1 heterocycles. The van der Waals surface area contributed by atoms with Crippen LogP contribution in [0.3, 0.4) is 0 Å². The summed E-state index contributed by atoms with van der Waals surface area (Å²) in [4.78, 5) is 1.25. The van der Waals surface area contributed by atoms with Crippen molar-refractivity contribution >= 4 is 17.0 Å². The zero-order valence-electron chi connectivity index (χ0n) is 7.31. The molecule has 3 N–H and O–H groups in total. The van der Waals surface area contributed by atoms with E-state index in [0.717, 1.165) is 4.90 Å². The van der Waals surface area contributed by atoms with Crippen molar-refractivity contribution in [2.24, 2.45) is 0 Å². The lowest BCUT2D eigenvalue weighted by atomic mass is 10.4. The molecule has 4 nitrogen and oxygen atoms in total. The molecule has 1 atom stereocenters. The molecule has 0 aliphatic carbocycles. The molecule has 0 bridgehead atoms. The Hall–Kier alpha value is -1.46. The van der Waals surface area contributed by atoms with Crippen molar-refractivity contribution in [2.75, 3.05) is 5.73 Å². The number of H-pyrrole nitrogens is 1. The number of anilines is 1. The van der Waals surface area contributed by atoms with Gasteiger partial charge in [0.2, 0.25) is 10.7 Å². The summed E-state index contributed by atoms with van der Waals surface area (Å²) in [6, 6.07) is 9.14. The Bertz CT molecular complexity index is 415. The highest BCUT2D eigenvalue weighted by molar-refractivity contribution is 7.91. The smallest absolute Gasteiger partial charge is 0.219 e. The minimum absolute atomic E-state index is 0.284. The van der Waals surface area contributed by atoms with E-state index in [-0.39, 0.29) is 5.82 Å². The summed E-state index contributed by atoms with van der Waals surface area (Å²) < 4.78 is 11.9. The second-order valence-electron chi connectivity index (χ2n) is 2.72. The standard InChI is InChI=1S/C9H9N3OS/c10-9-8(6-11-12-9)14(13)7-4-2-1-3-5-7/h1-6H,(H3,10,11,12). The van der Waals surface area contributed by atoms with Gasteiger partial charge < -0.3 is 10.3 Å². The van der Waals surface area contributed by atoms with Crippen LogP contribution in [0, 0.1) is 0 Å². The van der Waals surface area contributed by atoms with E-state index >= 15 is 0 Å². The highest BCUT2D eigenvalue weighted by Gasteiger charge is 2.19. The van der Waals surface area contributed by atoms with Gasteiger partial charge in [-0.2, -0.15) is 5.10 Å². The lowest BCUT2D eigenvalue weighted by molar-refractivity contribution is 0.595. The fourth-order valence-corrected chi connectivity index (χ4v) is 2.16. The Morgan fingerprint density at radius 3 is 2.57 bits per heavy atom. The van der Waals surface area contributed by atoms with E-state index in [9.17, 15) is 4.55 Å². The molecular formula is C9H9N3OS. The molecular weight excluding hydrogens is 198 g/mol. The van der Waals surface area contributed by atoms with Gasteiger partial charge in [0.25, 0.3) is 0 Å². The molecule has 0 spiro atoms. The van der Waals surface area contributed by atoms with Gasteiger partial charge in [0.15, 0.2) is 4.90 Å². The van der Waals surface area contributed by atoms with Gasteiger partial charge >= 0.3 is 0 Å². The van der Waals surface area contributed by atoms with Gasteiger partial charge in [0.05, 0.1) is 6.20 Å². The molecule has 72 valence electrons. The van der Waals surface area contributed by atoms with Gasteiger partial charge in [-0.25, -0.2) is 0 Å². The van der Waals surface area contributed by atoms with Gasteiger partial charge in [-0.3, -0.25) is 5.10 Å². The zero-order chi connectivity index (χ0) is 9.97. The normalized spacial score (nSPS) is 12.6. The van der Waals surface area contributed by atoms with Crippen LogP contribution in [0.5, 0.6) is 0 Å². The highest BCUT2D eigenvalue weighted by atomic mass is 32.2.